The highest BCUT2D eigenvalue weighted by Crippen LogP contribution is 2.28. The van der Waals surface area contributed by atoms with Gasteiger partial charge in [-0.25, -0.2) is 0 Å². The molecule has 0 bridgehead atoms. The third-order valence-electron chi connectivity index (χ3n) is 4.56. The first-order valence-electron chi connectivity index (χ1n) is 7.78. The quantitative estimate of drug-likeness (QED) is 0.694. The van der Waals surface area contributed by atoms with E-state index in [0.29, 0.717) is 30.8 Å². The minimum Gasteiger partial charge on any atom is -0.480 e. The Labute approximate surface area is 143 Å². The molecule has 1 aliphatic heterocycles. The van der Waals surface area contributed by atoms with Gasteiger partial charge in [-0.1, -0.05) is 0 Å². The van der Waals surface area contributed by atoms with Gasteiger partial charge < -0.3 is 20.7 Å². The molecule has 1 aromatic rings. The predicted molar refractivity (Wildman–Crippen MR) is 86.8 cm³/mol. The average molecular weight is 352 g/mol. The fourth-order valence-electron chi connectivity index (χ4n) is 2.93. The number of rotatable bonds is 5. The number of nitrogens with zero attached hydrogens (tertiary/aromatic N) is 1. The zero-order valence-corrected chi connectivity index (χ0v) is 14.4. The molecule has 3 N–H and O–H groups in total. The number of carbonyl (C=O) groups excluding carboxylic acids is 3. The number of nitrogens with one attached hydrogen (secondary N) is 3. The summed E-state index contributed by atoms with van der Waals surface area (Å²) in [6.45, 7) is 2.16. The van der Waals surface area contributed by atoms with Gasteiger partial charge in [-0.3, -0.25) is 14.4 Å². The van der Waals surface area contributed by atoms with Gasteiger partial charge in [-0.2, -0.15) is 4.37 Å². The molecule has 2 aliphatic rings. The molecule has 2 fully saturated rings. The van der Waals surface area contributed by atoms with Gasteiger partial charge in [-0.05, 0) is 31.3 Å². The van der Waals surface area contributed by atoms with Gasteiger partial charge in [0.25, 0.3) is 5.91 Å². The van der Waals surface area contributed by atoms with E-state index in [9.17, 15) is 14.4 Å². The highest BCUT2D eigenvalue weighted by atomic mass is 32.1. The lowest BCUT2D eigenvalue weighted by molar-refractivity contribution is -0.132. The average Bonchev–Trinajstić information content (AvgIpc) is 3.11. The van der Waals surface area contributed by atoms with Crippen molar-refractivity contribution in [3.8, 4) is 5.88 Å². The molecule has 24 heavy (non-hydrogen) atoms. The molecule has 3 rings (SSSR count). The third kappa shape index (κ3) is 3.21. The second-order valence-corrected chi connectivity index (χ2v) is 7.19. The van der Waals surface area contributed by atoms with E-state index in [0.717, 1.165) is 0 Å². The highest BCUT2D eigenvalue weighted by molar-refractivity contribution is 7.04. The minimum absolute atomic E-state index is 0.0172. The summed E-state index contributed by atoms with van der Waals surface area (Å²) in [5, 5.41) is 10.2. The molecule has 1 saturated heterocycles. The summed E-state index contributed by atoms with van der Waals surface area (Å²) in [6.07, 6.45) is 1.57. The number of hydrogen-bond acceptors (Lipinski definition) is 6. The molecule has 3 amide bonds. The zero-order chi connectivity index (χ0) is 17.3. The van der Waals surface area contributed by atoms with Crippen molar-refractivity contribution in [3.63, 3.8) is 0 Å². The van der Waals surface area contributed by atoms with Gasteiger partial charge in [0.1, 0.15) is 5.56 Å². The number of carbonyl (C=O) groups is 3. The van der Waals surface area contributed by atoms with Crippen molar-refractivity contribution in [2.24, 2.45) is 5.41 Å². The lowest BCUT2D eigenvalue weighted by Gasteiger charge is -2.37. The Morgan fingerprint density at radius 1 is 1.38 bits per heavy atom. The first kappa shape index (κ1) is 16.7. The molecular formula is C15H20N4O4S. The van der Waals surface area contributed by atoms with Gasteiger partial charge in [0.2, 0.25) is 17.7 Å². The fraction of sp³-hybridized carbons (Fsp3) is 0.600. The van der Waals surface area contributed by atoms with Crippen molar-refractivity contribution in [1.29, 1.82) is 0 Å². The van der Waals surface area contributed by atoms with Gasteiger partial charge in [0, 0.05) is 30.4 Å². The smallest absolute Gasteiger partial charge is 0.257 e. The van der Waals surface area contributed by atoms with Crippen LogP contribution in [0.15, 0.2) is 5.38 Å². The summed E-state index contributed by atoms with van der Waals surface area (Å²) in [7, 11) is 1.48. The van der Waals surface area contributed by atoms with Crippen molar-refractivity contribution in [2.75, 3.05) is 13.7 Å². The Morgan fingerprint density at radius 2 is 2.08 bits per heavy atom. The SMILES string of the molecule is COc1nscc1C(=O)NC1CC(NC(=O)C2(C)CNC(=O)C2)C1. The second kappa shape index (κ2) is 6.39. The summed E-state index contributed by atoms with van der Waals surface area (Å²) in [6, 6.07) is 0.0429. The Balaban J connectivity index is 1.45. The number of ether oxygens (including phenoxy) is 1. The Bertz CT molecular complexity index is 670. The molecule has 1 aliphatic carbocycles. The standard InChI is InChI=1S/C15H20N4O4S/c1-15(5-11(20)16-7-15)14(22)18-9-3-8(4-9)17-12(21)10-6-24-19-13(10)23-2/h6,8-9H,3-5,7H2,1-2H3,(H,16,20)(H,17,21)(H,18,22). The summed E-state index contributed by atoms with van der Waals surface area (Å²) >= 11 is 1.17. The number of amides is 3. The molecule has 0 aromatic carbocycles. The van der Waals surface area contributed by atoms with Crippen LogP contribution in [0.1, 0.15) is 36.5 Å². The molecule has 1 aromatic heterocycles. The molecular weight excluding hydrogens is 332 g/mol. The Hall–Kier alpha value is -2.16. The van der Waals surface area contributed by atoms with E-state index >= 15 is 0 Å². The van der Waals surface area contributed by atoms with E-state index in [2.05, 4.69) is 20.3 Å². The van der Waals surface area contributed by atoms with Crippen LogP contribution in [-0.4, -0.2) is 47.8 Å². The first-order chi connectivity index (χ1) is 11.4. The van der Waals surface area contributed by atoms with E-state index in [4.69, 9.17) is 4.74 Å². The van der Waals surface area contributed by atoms with E-state index in [1.54, 1.807) is 12.3 Å². The van der Waals surface area contributed by atoms with Crippen LogP contribution < -0.4 is 20.7 Å². The van der Waals surface area contributed by atoms with Crippen LogP contribution in [0.5, 0.6) is 5.88 Å². The molecule has 0 spiro atoms. The molecule has 9 heteroatoms. The molecule has 8 nitrogen and oxygen atoms in total. The maximum absolute atomic E-state index is 12.3. The molecule has 130 valence electrons. The second-order valence-electron chi connectivity index (χ2n) is 6.56. The molecule has 1 atom stereocenters. The largest absolute Gasteiger partial charge is 0.480 e. The van der Waals surface area contributed by atoms with E-state index in [-0.39, 0.29) is 36.2 Å². The van der Waals surface area contributed by atoms with Crippen molar-refractivity contribution >= 4 is 29.3 Å². The topological polar surface area (TPSA) is 109 Å². The molecule has 1 unspecified atom stereocenters. The van der Waals surface area contributed by atoms with Crippen molar-refractivity contribution in [1.82, 2.24) is 20.3 Å². The van der Waals surface area contributed by atoms with Crippen LogP contribution in [0.4, 0.5) is 0 Å². The van der Waals surface area contributed by atoms with Crippen molar-refractivity contribution < 1.29 is 19.1 Å². The maximum atomic E-state index is 12.3. The lowest BCUT2D eigenvalue weighted by atomic mass is 9.83. The third-order valence-corrected chi connectivity index (χ3v) is 5.17. The van der Waals surface area contributed by atoms with Crippen LogP contribution in [0.25, 0.3) is 0 Å². The Morgan fingerprint density at radius 3 is 2.71 bits per heavy atom. The molecule has 0 radical (unpaired) electrons. The molecule has 1 saturated carbocycles. The van der Waals surface area contributed by atoms with Gasteiger partial charge in [0.05, 0.1) is 12.5 Å². The lowest BCUT2D eigenvalue weighted by Crippen LogP contribution is -2.56. The van der Waals surface area contributed by atoms with E-state index < -0.39 is 5.41 Å². The monoisotopic (exact) mass is 352 g/mol. The van der Waals surface area contributed by atoms with Crippen LogP contribution >= 0.6 is 11.5 Å². The first-order valence-corrected chi connectivity index (χ1v) is 8.62. The van der Waals surface area contributed by atoms with Crippen molar-refractivity contribution in [2.45, 2.75) is 38.3 Å². The summed E-state index contributed by atoms with van der Waals surface area (Å²) < 4.78 is 9.03. The number of methoxy groups -OCH3 is 1. The zero-order valence-electron chi connectivity index (χ0n) is 13.5. The van der Waals surface area contributed by atoms with E-state index in [1.165, 1.54) is 18.6 Å². The summed E-state index contributed by atoms with van der Waals surface area (Å²) in [4.78, 5) is 35.8. The normalized spacial score (nSPS) is 28.7. The van der Waals surface area contributed by atoms with Gasteiger partial charge >= 0.3 is 0 Å². The van der Waals surface area contributed by atoms with Crippen LogP contribution in [-0.2, 0) is 9.59 Å². The van der Waals surface area contributed by atoms with Crippen LogP contribution in [0, 0.1) is 5.41 Å². The van der Waals surface area contributed by atoms with Crippen molar-refractivity contribution in [3.05, 3.63) is 10.9 Å². The summed E-state index contributed by atoms with van der Waals surface area (Å²) in [5.74, 6) is -0.0926. The number of hydrogen-bond donors (Lipinski definition) is 3. The minimum atomic E-state index is -0.679. The van der Waals surface area contributed by atoms with Gasteiger partial charge in [-0.15, -0.1) is 0 Å². The van der Waals surface area contributed by atoms with E-state index in [1.807, 2.05) is 0 Å². The summed E-state index contributed by atoms with van der Waals surface area (Å²) in [5.41, 5.74) is -0.251. The predicted octanol–water partition coefficient (Wildman–Crippen LogP) is 0.0549. The Kier molecular flexibility index (Phi) is 4.44. The highest BCUT2D eigenvalue weighted by Gasteiger charge is 2.43. The number of aromatic nitrogens is 1. The van der Waals surface area contributed by atoms with Gasteiger partial charge in [0.15, 0.2) is 0 Å². The fourth-order valence-corrected chi connectivity index (χ4v) is 3.57. The molecule has 2 heterocycles. The van der Waals surface area contributed by atoms with Crippen LogP contribution in [0.3, 0.4) is 0 Å². The van der Waals surface area contributed by atoms with Crippen LogP contribution in [0.2, 0.25) is 0 Å². The maximum Gasteiger partial charge on any atom is 0.257 e.